The van der Waals surface area contributed by atoms with Gasteiger partial charge in [0.25, 0.3) is 5.91 Å². The minimum absolute atomic E-state index is 0.0502. The second-order valence-corrected chi connectivity index (χ2v) is 6.04. The van der Waals surface area contributed by atoms with Gasteiger partial charge in [0.1, 0.15) is 29.6 Å². The van der Waals surface area contributed by atoms with Gasteiger partial charge in [-0.05, 0) is 49.5 Å². The van der Waals surface area contributed by atoms with Crippen LogP contribution in [0.3, 0.4) is 0 Å². The summed E-state index contributed by atoms with van der Waals surface area (Å²) in [7, 11) is 0. The van der Waals surface area contributed by atoms with Gasteiger partial charge >= 0.3 is 6.18 Å². The number of carbonyl (C=O) groups excluding carboxylic acids is 1. The molecule has 1 fully saturated rings. The first-order valence-corrected chi connectivity index (χ1v) is 8.42. The molecule has 2 aromatic rings. The van der Waals surface area contributed by atoms with Crippen LogP contribution in [0.1, 0.15) is 24.0 Å². The van der Waals surface area contributed by atoms with E-state index in [0.29, 0.717) is 28.9 Å². The van der Waals surface area contributed by atoms with E-state index in [1.165, 1.54) is 23.1 Å². The third-order valence-corrected chi connectivity index (χ3v) is 4.11. The van der Waals surface area contributed by atoms with Gasteiger partial charge in [0.2, 0.25) is 0 Å². The number of likely N-dealkylation sites (N-methyl/N-ethyl adjacent to an activating group) is 1. The van der Waals surface area contributed by atoms with E-state index in [-0.39, 0.29) is 18.3 Å². The molecule has 1 aromatic heterocycles. The van der Waals surface area contributed by atoms with Gasteiger partial charge in [-0.3, -0.25) is 9.69 Å². The molecule has 0 radical (unpaired) electrons. The van der Waals surface area contributed by atoms with Crippen LogP contribution in [0, 0.1) is 0 Å². The molecule has 1 N–H and O–H groups in total. The van der Waals surface area contributed by atoms with E-state index in [1.54, 1.807) is 12.1 Å². The molecule has 1 aliphatic rings. The third-order valence-electron chi connectivity index (χ3n) is 3.79. The summed E-state index contributed by atoms with van der Waals surface area (Å²) in [5.74, 6) is 0.632. The Kier molecular flexibility index (Phi) is 5.22. The van der Waals surface area contributed by atoms with Gasteiger partial charge in [-0.1, -0.05) is 6.07 Å². The number of benzene rings is 1. The summed E-state index contributed by atoms with van der Waals surface area (Å²) in [4.78, 5) is 13.5. The molecule has 0 atom stereocenters. The van der Waals surface area contributed by atoms with Gasteiger partial charge in [-0.25, -0.2) is 0 Å². The molecular weight excluding hydrogens is 381 g/mol. The van der Waals surface area contributed by atoms with Crippen LogP contribution < -0.4 is 10.1 Å². The number of hydrogen-bond donors (Lipinski definition) is 1. The molecule has 0 aliphatic carbocycles. The fraction of sp³-hybridized carbons (Fsp3) is 0.222. The fourth-order valence-corrected chi connectivity index (χ4v) is 2.79. The van der Waals surface area contributed by atoms with Crippen LogP contribution in [0.15, 0.2) is 46.5 Å². The quantitative estimate of drug-likeness (QED) is 0.613. The number of hydrogen-bond acceptors (Lipinski definition) is 4. The highest BCUT2D eigenvalue weighted by atomic mass is 32.1. The molecule has 0 bridgehead atoms. The van der Waals surface area contributed by atoms with Crippen molar-refractivity contribution >= 4 is 29.3 Å². The van der Waals surface area contributed by atoms with E-state index in [4.69, 9.17) is 21.4 Å². The molecule has 5 nitrogen and oxygen atoms in total. The Morgan fingerprint density at radius 1 is 1.30 bits per heavy atom. The van der Waals surface area contributed by atoms with Crippen LogP contribution in [0.2, 0.25) is 0 Å². The lowest BCUT2D eigenvalue weighted by atomic mass is 10.2. The summed E-state index contributed by atoms with van der Waals surface area (Å²) in [6, 6.07) is 7.85. The number of ether oxygens (including phenoxy) is 1. The lowest BCUT2D eigenvalue weighted by Gasteiger charge is -2.09. The first-order valence-electron chi connectivity index (χ1n) is 8.01. The maximum atomic E-state index is 12.7. The standard InChI is InChI=1S/C18H15F3N2O3S/c1-2-23-16(24)15(22-17(23)27)9-13-6-7-14(26-13)10-25-12-5-3-4-11(8-12)18(19,20)21/h3-9H,2,10H2,1H3,(H,22,27)/b15-9+. The van der Waals surface area contributed by atoms with Gasteiger partial charge in [0, 0.05) is 12.6 Å². The van der Waals surface area contributed by atoms with E-state index in [0.717, 1.165) is 12.1 Å². The second kappa shape index (κ2) is 7.43. The van der Waals surface area contributed by atoms with Crippen molar-refractivity contribution in [3.63, 3.8) is 0 Å². The molecule has 1 aromatic carbocycles. The van der Waals surface area contributed by atoms with Crippen LogP contribution in [0.25, 0.3) is 6.08 Å². The zero-order valence-electron chi connectivity index (χ0n) is 14.2. The minimum Gasteiger partial charge on any atom is -0.486 e. The maximum Gasteiger partial charge on any atom is 0.416 e. The smallest absolute Gasteiger partial charge is 0.416 e. The average molecular weight is 396 g/mol. The van der Waals surface area contributed by atoms with Crippen molar-refractivity contribution in [3.05, 3.63) is 59.2 Å². The Labute approximate surface area is 158 Å². The van der Waals surface area contributed by atoms with E-state index in [1.807, 2.05) is 6.92 Å². The summed E-state index contributed by atoms with van der Waals surface area (Å²) in [6.45, 7) is 2.21. The van der Waals surface area contributed by atoms with Gasteiger partial charge in [0.15, 0.2) is 5.11 Å². The summed E-state index contributed by atoms with van der Waals surface area (Å²) >= 11 is 5.07. The molecule has 9 heteroatoms. The number of nitrogens with zero attached hydrogens (tertiary/aromatic N) is 1. The van der Waals surface area contributed by atoms with Gasteiger partial charge in [0.05, 0.1) is 5.56 Å². The van der Waals surface area contributed by atoms with E-state index in [2.05, 4.69) is 5.32 Å². The predicted octanol–water partition coefficient (Wildman–Crippen LogP) is 3.95. The molecule has 0 unspecified atom stereocenters. The Hall–Kier alpha value is -2.81. The SMILES string of the molecule is CCN1C(=O)/C(=C\c2ccc(COc3cccc(C(F)(F)F)c3)o2)NC1=S. The summed E-state index contributed by atoms with van der Waals surface area (Å²) in [5, 5.41) is 3.14. The zero-order valence-corrected chi connectivity index (χ0v) is 15.0. The van der Waals surface area contributed by atoms with Crippen molar-refractivity contribution in [3.8, 4) is 5.75 Å². The molecule has 0 saturated carbocycles. The normalized spacial score (nSPS) is 16.1. The highest BCUT2D eigenvalue weighted by Crippen LogP contribution is 2.31. The van der Waals surface area contributed by atoms with Crippen molar-refractivity contribution in [2.45, 2.75) is 19.7 Å². The van der Waals surface area contributed by atoms with Crippen LogP contribution in [-0.2, 0) is 17.6 Å². The average Bonchev–Trinajstić information content (AvgIpc) is 3.17. The lowest BCUT2D eigenvalue weighted by Crippen LogP contribution is -2.30. The summed E-state index contributed by atoms with van der Waals surface area (Å²) in [6.07, 6.45) is -2.92. The minimum atomic E-state index is -4.43. The molecule has 142 valence electrons. The first kappa shape index (κ1) is 19.0. The monoisotopic (exact) mass is 396 g/mol. The molecule has 27 heavy (non-hydrogen) atoms. The Balaban J connectivity index is 1.66. The van der Waals surface area contributed by atoms with Crippen molar-refractivity contribution < 1.29 is 27.1 Å². The number of nitrogens with one attached hydrogen (secondary N) is 1. The Morgan fingerprint density at radius 3 is 2.74 bits per heavy atom. The zero-order chi connectivity index (χ0) is 19.6. The van der Waals surface area contributed by atoms with Crippen LogP contribution in [0.4, 0.5) is 13.2 Å². The Morgan fingerprint density at radius 2 is 2.07 bits per heavy atom. The molecule has 1 saturated heterocycles. The number of alkyl halides is 3. The fourth-order valence-electron chi connectivity index (χ4n) is 2.47. The summed E-state index contributed by atoms with van der Waals surface area (Å²) < 4.78 is 49.0. The molecule has 1 amide bonds. The Bertz CT molecular complexity index is 905. The van der Waals surface area contributed by atoms with Crippen molar-refractivity contribution in [2.24, 2.45) is 0 Å². The van der Waals surface area contributed by atoms with Crippen molar-refractivity contribution in [2.75, 3.05) is 6.54 Å². The van der Waals surface area contributed by atoms with Gasteiger partial charge in [-0.15, -0.1) is 0 Å². The van der Waals surface area contributed by atoms with Crippen molar-refractivity contribution in [1.82, 2.24) is 10.2 Å². The molecule has 1 aliphatic heterocycles. The van der Waals surface area contributed by atoms with E-state index >= 15 is 0 Å². The number of amides is 1. The summed E-state index contributed by atoms with van der Waals surface area (Å²) in [5.41, 5.74) is -0.492. The molecular formula is C18H15F3N2O3S. The number of thiocarbonyl (C=S) groups is 1. The van der Waals surface area contributed by atoms with E-state index < -0.39 is 11.7 Å². The van der Waals surface area contributed by atoms with Crippen LogP contribution >= 0.6 is 12.2 Å². The third kappa shape index (κ3) is 4.30. The highest BCUT2D eigenvalue weighted by Gasteiger charge is 2.31. The molecule has 0 spiro atoms. The van der Waals surface area contributed by atoms with Crippen LogP contribution in [0.5, 0.6) is 5.75 Å². The number of rotatable bonds is 5. The van der Waals surface area contributed by atoms with Gasteiger partial charge < -0.3 is 14.5 Å². The predicted molar refractivity (Wildman–Crippen MR) is 95.6 cm³/mol. The topological polar surface area (TPSA) is 54.7 Å². The molecule has 3 rings (SSSR count). The van der Waals surface area contributed by atoms with Gasteiger partial charge in [-0.2, -0.15) is 13.2 Å². The number of carbonyl (C=O) groups is 1. The van der Waals surface area contributed by atoms with Crippen molar-refractivity contribution in [1.29, 1.82) is 0 Å². The van der Waals surface area contributed by atoms with E-state index in [9.17, 15) is 18.0 Å². The first-order chi connectivity index (χ1) is 12.8. The number of halogens is 3. The largest absolute Gasteiger partial charge is 0.486 e. The second-order valence-electron chi connectivity index (χ2n) is 5.66. The maximum absolute atomic E-state index is 12.7. The molecule has 2 heterocycles. The highest BCUT2D eigenvalue weighted by molar-refractivity contribution is 7.80. The van der Waals surface area contributed by atoms with Crippen LogP contribution in [-0.4, -0.2) is 22.5 Å². The lowest BCUT2D eigenvalue weighted by molar-refractivity contribution is -0.137. The number of furan rings is 1.